The Morgan fingerprint density at radius 2 is 2.11 bits per heavy atom. The van der Waals surface area contributed by atoms with Gasteiger partial charge in [0.1, 0.15) is 0 Å². The van der Waals surface area contributed by atoms with E-state index in [2.05, 4.69) is 51.9 Å². The lowest BCUT2D eigenvalue weighted by atomic mass is 10.2. The Morgan fingerprint density at radius 3 is 2.75 bits per heavy atom. The SMILES string of the molecule is CCNC(=NCC(c1cccs1)N1CCCC1)NCCN(C)CCCOC.I. The van der Waals surface area contributed by atoms with Crippen molar-refractivity contribution in [1.82, 2.24) is 20.4 Å². The van der Waals surface area contributed by atoms with Crippen LogP contribution in [-0.2, 0) is 4.74 Å². The van der Waals surface area contributed by atoms with E-state index in [4.69, 9.17) is 9.73 Å². The first-order chi connectivity index (χ1) is 13.2. The Kier molecular flexibility index (Phi) is 14.1. The van der Waals surface area contributed by atoms with E-state index in [1.807, 2.05) is 11.3 Å². The molecule has 8 heteroatoms. The van der Waals surface area contributed by atoms with Crippen molar-refractivity contribution in [3.63, 3.8) is 0 Å². The fraction of sp³-hybridized carbons (Fsp3) is 0.750. The molecule has 0 aromatic carbocycles. The van der Waals surface area contributed by atoms with Crippen molar-refractivity contribution in [2.24, 2.45) is 4.99 Å². The second-order valence-electron chi connectivity index (χ2n) is 7.07. The molecule has 0 bridgehead atoms. The molecule has 6 nitrogen and oxygen atoms in total. The summed E-state index contributed by atoms with van der Waals surface area (Å²) < 4.78 is 5.12. The maximum absolute atomic E-state index is 5.12. The maximum atomic E-state index is 5.12. The van der Waals surface area contributed by atoms with E-state index in [1.165, 1.54) is 30.8 Å². The van der Waals surface area contributed by atoms with Gasteiger partial charge in [0.25, 0.3) is 0 Å². The lowest BCUT2D eigenvalue weighted by molar-refractivity contribution is 0.180. The van der Waals surface area contributed by atoms with Gasteiger partial charge in [-0.15, -0.1) is 35.3 Å². The zero-order valence-electron chi connectivity index (χ0n) is 17.7. The second kappa shape index (κ2) is 15.4. The highest BCUT2D eigenvalue weighted by molar-refractivity contribution is 14.0. The van der Waals surface area contributed by atoms with Crippen LogP contribution in [-0.4, -0.2) is 82.3 Å². The quantitative estimate of drug-likeness (QED) is 0.191. The van der Waals surface area contributed by atoms with E-state index in [1.54, 1.807) is 7.11 Å². The molecule has 1 saturated heterocycles. The molecule has 0 amide bonds. The minimum atomic E-state index is 0. The minimum absolute atomic E-state index is 0. The van der Waals surface area contributed by atoms with Crippen LogP contribution >= 0.6 is 35.3 Å². The molecule has 1 atom stereocenters. The van der Waals surface area contributed by atoms with Gasteiger partial charge in [0.2, 0.25) is 0 Å². The van der Waals surface area contributed by atoms with E-state index in [0.29, 0.717) is 6.04 Å². The van der Waals surface area contributed by atoms with Gasteiger partial charge in [0.05, 0.1) is 12.6 Å². The van der Waals surface area contributed by atoms with E-state index < -0.39 is 0 Å². The lowest BCUT2D eigenvalue weighted by Gasteiger charge is -2.25. The van der Waals surface area contributed by atoms with Crippen LogP contribution in [0.5, 0.6) is 0 Å². The number of halogens is 1. The summed E-state index contributed by atoms with van der Waals surface area (Å²) in [5.74, 6) is 0.920. The van der Waals surface area contributed by atoms with Crippen LogP contribution < -0.4 is 10.6 Å². The molecule has 1 aliphatic heterocycles. The molecule has 28 heavy (non-hydrogen) atoms. The molecule has 162 valence electrons. The molecule has 1 unspecified atom stereocenters. The minimum Gasteiger partial charge on any atom is -0.385 e. The third-order valence-corrected chi connectivity index (χ3v) is 5.87. The molecule has 1 aromatic rings. The van der Waals surface area contributed by atoms with Gasteiger partial charge in [0.15, 0.2) is 5.96 Å². The van der Waals surface area contributed by atoms with Crippen molar-refractivity contribution < 1.29 is 4.74 Å². The molecular weight excluding hydrogens is 485 g/mol. The van der Waals surface area contributed by atoms with Crippen molar-refractivity contribution in [3.8, 4) is 0 Å². The number of likely N-dealkylation sites (N-methyl/N-ethyl adjacent to an activating group) is 1. The second-order valence-corrected chi connectivity index (χ2v) is 8.05. The number of hydrogen-bond acceptors (Lipinski definition) is 5. The van der Waals surface area contributed by atoms with Gasteiger partial charge >= 0.3 is 0 Å². The summed E-state index contributed by atoms with van der Waals surface area (Å²) in [4.78, 5) is 11.2. The van der Waals surface area contributed by atoms with Crippen LogP contribution in [0.15, 0.2) is 22.5 Å². The molecule has 1 fully saturated rings. The summed E-state index contributed by atoms with van der Waals surface area (Å²) >= 11 is 1.85. The number of nitrogens with zero attached hydrogens (tertiary/aromatic N) is 3. The zero-order chi connectivity index (χ0) is 19.3. The van der Waals surface area contributed by atoms with Gasteiger partial charge in [-0.3, -0.25) is 9.89 Å². The predicted molar refractivity (Wildman–Crippen MR) is 131 cm³/mol. The smallest absolute Gasteiger partial charge is 0.191 e. The lowest BCUT2D eigenvalue weighted by Crippen LogP contribution is -2.41. The molecule has 0 radical (unpaired) electrons. The molecule has 2 N–H and O–H groups in total. The van der Waals surface area contributed by atoms with Crippen LogP contribution in [0.2, 0.25) is 0 Å². The molecular formula is C20H38IN5OS. The monoisotopic (exact) mass is 523 g/mol. The Hall–Kier alpha value is -0.420. The highest BCUT2D eigenvalue weighted by Crippen LogP contribution is 2.28. The normalized spacial score (nSPS) is 16.2. The Balaban J connectivity index is 0.00000392. The predicted octanol–water partition coefficient (Wildman–Crippen LogP) is 3.03. The van der Waals surface area contributed by atoms with Crippen molar-refractivity contribution in [2.75, 3.05) is 66.6 Å². The van der Waals surface area contributed by atoms with Crippen molar-refractivity contribution >= 4 is 41.3 Å². The van der Waals surface area contributed by atoms with Crippen LogP contribution in [0.3, 0.4) is 0 Å². The number of nitrogens with one attached hydrogen (secondary N) is 2. The number of methoxy groups -OCH3 is 1. The molecule has 0 saturated carbocycles. The summed E-state index contributed by atoms with van der Waals surface area (Å²) in [6.45, 7) is 9.94. The Labute approximate surface area is 192 Å². The van der Waals surface area contributed by atoms with Crippen LogP contribution in [0.1, 0.15) is 37.1 Å². The summed E-state index contributed by atoms with van der Waals surface area (Å²) in [7, 11) is 3.91. The summed E-state index contributed by atoms with van der Waals surface area (Å²) in [5, 5.41) is 9.04. The molecule has 1 aromatic heterocycles. The number of rotatable bonds is 12. The van der Waals surface area contributed by atoms with E-state index >= 15 is 0 Å². The van der Waals surface area contributed by atoms with Gasteiger partial charge in [-0.1, -0.05) is 6.07 Å². The van der Waals surface area contributed by atoms with E-state index in [-0.39, 0.29) is 24.0 Å². The standard InChI is InChI=1S/C20H37N5OS.HI/c1-4-21-20(22-10-14-24(2)11-8-15-26-3)23-17-18(19-9-7-16-27-19)25-12-5-6-13-25;/h7,9,16,18H,4-6,8,10-15,17H2,1-3H3,(H2,21,22,23);1H. The number of guanidine groups is 1. The van der Waals surface area contributed by atoms with E-state index in [9.17, 15) is 0 Å². The number of likely N-dealkylation sites (tertiary alicyclic amines) is 1. The van der Waals surface area contributed by atoms with Crippen LogP contribution in [0.4, 0.5) is 0 Å². The summed E-state index contributed by atoms with van der Waals surface area (Å²) in [6, 6.07) is 4.80. The molecule has 2 heterocycles. The Morgan fingerprint density at radius 1 is 1.32 bits per heavy atom. The molecule has 0 aliphatic carbocycles. The first-order valence-corrected chi connectivity index (χ1v) is 11.1. The van der Waals surface area contributed by atoms with Gasteiger partial charge in [-0.05, 0) is 57.8 Å². The van der Waals surface area contributed by atoms with Crippen LogP contribution in [0.25, 0.3) is 0 Å². The number of aliphatic imine (C=N–C) groups is 1. The fourth-order valence-corrected chi connectivity index (χ4v) is 4.25. The highest BCUT2D eigenvalue weighted by Gasteiger charge is 2.24. The van der Waals surface area contributed by atoms with Gasteiger partial charge < -0.3 is 20.3 Å². The summed E-state index contributed by atoms with van der Waals surface area (Å²) in [6.07, 6.45) is 3.68. The fourth-order valence-electron chi connectivity index (χ4n) is 3.39. The Bertz CT molecular complexity index is 523. The first kappa shape index (κ1) is 25.6. The largest absolute Gasteiger partial charge is 0.385 e. The maximum Gasteiger partial charge on any atom is 0.191 e. The van der Waals surface area contributed by atoms with E-state index in [0.717, 1.165) is 51.7 Å². The van der Waals surface area contributed by atoms with Gasteiger partial charge in [0, 0.05) is 44.8 Å². The molecule has 1 aliphatic rings. The number of thiophene rings is 1. The van der Waals surface area contributed by atoms with Crippen LogP contribution in [0, 0.1) is 0 Å². The first-order valence-electron chi connectivity index (χ1n) is 10.2. The number of ether oxygens (including phenoxy) is 1. The average molecular weight is 524 g/mol. The van der Waals surface area contributed by atoms with Crippen molar-refractivity contribution in [1.29, 1.82) is 0 Å². The third-order valence-electron chi connectivity index (χ3n) is 4.89. The van der Waals surface area contributed by atoms with Gasteiger partial charge in [-0.25, -0.2) is 0 Å². The zero-order valence-corrected chi connectivity index (χ0v) is 20.8. The van der Waals surface area contributed by atoms with Gasteiger partial charge in [-0.2, -0.15) is 0 Å². The molecule has 0 spiro atoms. The topological polar surface area (TPSA) is 52.1 Å². The summed E-state index contributed by atoms with van der Waals surface area (Å²) in [5.41, 5.74) is 0. The van der Waals surface area contributed by atoms with Crippen molar-refractivity contribution in [3.05, 3.63) is 22.4 Å². The highest BCUT2D eigenvalue weighted by atomic mass is 127. The third kappa shape index (κ3) is 9.39. The number of hydrogen-bond donors (Lipinski definition) is 2. The average Bonchev–Trinajstić information content (AvgIpc) is 3.36. The molecule has 2 rings (SSSR count). The van der Waals surface area contributed by atoms with Crippen molar-refractivity contribution in [2.45, 2.75) is 32.2 Å².